The number of aryl methyl sites for hydroxylation is 1. The summed E-state index contributed by atoms with van der Waals surface area (Å²) in [5.74, 6) is 2.14. The molecule has 15 heavy (non-hydrogen) atoms. The van der Waals surface area contributed by atoms with Crippen LogP contribution in [0.5, 0.6) is 0 Å². The van der Waals surface area contributed by atoms with Crippen molar-refractivity contribution >= 4 is 0 Å². The molecular formula is C13H17NO. The third kappa shape index (κ3) is 1.48. The molecule has 3 rings (SSSR count). The molecule has 2 aliphatic rings. The second-order valence-electron chi connectivity index (χ2n) is 5.01. The molecule has 0 bridgehead atoms. The van der Waals surface area contributed by atoms with Gasteiger partial charge in [0.1, 0.15) is 0 Å². The molecular weight excluding hydrogens is 186 g/mol. The number of aliphatic hydroxyl groups excluding tert-OH is 1. The summed E-state index contributed by atoms with van der Waals surface area (Å²) in [6, 6.07) is 4.00. The van der Waals surface area contributed by atoms with Crippen LogP contribution in [0.25, 0.3) is 0 Å². The Balaban J connectivity index is 1.75. The summed E-state index contributed by atoms with van der Waals surface area (Å²) in [7, 11) is 0. The van der Waals surface area contributed by atoms with E-state index in [1.54, 1.807) is 0 Å². The van der Waals surface area contributed by atoms with Gasteiger partial charge in [-0.05, 0) is 49.1 Å². The molecule has 0 aromatic carbocycles. The van der Waals surface area contributed by atoms with Gasteiger partial charge >= 0.3 is 0 Å². The Kier molecular flexibility index (Phi) is 2.06. The van der Waals surface area contributed by atoms with Gasteiger partial charge in [-0.2, -0.15) is 0 Å². The van der Waals surface area contributed by atoms with E-state index in [4.69, 9.17) is 0 Å². The number of hydrogen-bond acceptors (Lipinski definition) is 2. The van der Waals surface area contributed by atoms with Gasteiger partial charge in [0.15, 0.2) is 0 Å². The predicted molar refractivity (Wildman–Crippen MR) is 58.3 cm³/mol. The average molecular weight is 203 g/mol. The molecule has 1 N–H and O–H groups in total. The summed E-state index contributed by atoms with van der Waals surface area (Å²) in [5, 5.41) is 10.2. The molecule has 1 aromatic rings. The fraction of sp³-hybridized carbons (Fsp3) is 0.615. The van der Waals surface area contributed by atoms with E-state index in [2.05, 4.69) is 4.98 Å². The number of nitrogens with zero attached hydrogens (tertiary/aromatic N) is 1. The van der Waals surface area contributed by atoms with E-state index in [-0.39, 0.29) is 6.10 Å². The second kappa shape index (κ2) is 3.31. The van der Waals surface area contributed by atoms with Gasteiger partial charge in [0.2, 0.25) is 0 Å². The molecule has 1 heterocycles. The number of fused-ring (bicyclic) bond motifs is 1. The van der Waals surface area contributed by atoms with E-state index >= 15 is 0 Å². The summed E-state index contributed by atoms with van der Waals surface area (Å²) in [6.45, 7) is 1.97. The molecule has 0 radical (unpaired) electrons. The lowest BCUT2D eigenvalue weighted by Gasteiger charge is -2.12. The topological polar surface area (TPSA) is 33.1 Å². The largest absolute Gasteiger partial charge is 0.388 e. The standard InChI is InChI=1S/C13H17NO/c1-8-5-6-9(7-14-8)13(15)12-10-3-2-4-11(10)12/h5-7,10-13,15H,2-4H2,1H3. The van der Waals surface area contributed by atoms with Crippen molar-refractivity contribution in [3.8, 4) is 0 Å². The zero-order valence-corrected chi connectivity index (χ0v) is 9.06. The highest BCUT2D eigenvalue weighted by Crippen LogP contribution is 2.62. The lowest BCUT2D eigenvalue weighted by molar-refractivity contribution is 0.137. The zero-order valence-electron chi connectivity index (χ0n) is 9.06. The van der Waals surface area contributed by atoms with Crippen LogP contribution in [0.1, 0.15) is 36.6 Å². The molecule has 0 aliphatic heterocycles. The number of pyridine rings is 1. The fourth-order valence-corrected chi connectivity index (χ4v) is 3.22. The Labute approximate surface area is 90.4 Å². The molecule has 3 unspecified atom stereocenters. The first-order valence-corrected chi connectivity index (χ1v) is 5.88. The van der Waals surface area contributed by atoms with Crippen LogP contribution in [0.15, 0.2) is 18.3 Å². The van der Waals surface area contributed by atoms with Crippen molar-refractivity contribution in [2.45, 2.75) is 32.3 Å². The Morgan fingerprint density at radius 1 is 1.33 bits per heavy atom. The van der Waals surface area contributed by atoms with Crippen molar-refractivity contribution in [2.75, 3.05) is 0 Å². The first-order valence-electron chi connectivity index (χ1n) is 5.88. The number of aromatic nitrogens is 1. The fourth-order valence-electron chi connectivity index (χ4n) is 3.22. The number of hydrogen-bond donors (Lipinski definition) is 1. The molecule has 0 spiro atoms. The van der Waals surface area contributed by atoms with Crippen molar-refractivity contribution in [3.05, 3.63) is 29.6 Å². The van der Waals surface area contributed by atoms with Gasteiger partial charge in [0, 0.05) is 11.9 Å². The van der Waals surface area contributed by atoms with Crippen LogP contribution in [0, 0.1) is 24.7 Å². The SMILES string of the molecule is Cc1ccc(C(O)C2C3CCCC32)cn1. The minimum atomic E-state index is -0.270. The third-order valence-corrected chi connectivity index (χ3v) is 4.11. The minimum absolute atomic E-state index is 0.270. The van der Waals surface area contributed by atoms with Gasteiger partial charge in [-0.1, -0.05) is 12.5 Å². The summed E-state index contributed by atoms with van der Waals surface area (Å²) in [5.41, 5.74) is 2.02. The van der Waals surface area contributed by atoms with Crippen LogP contribution in [-0.2, 0) is 0 Å². The molecule has 80 valence electrons. The highest BCUT2D eigenvalue weighted by Gasteiger charge is 2.55. The second-order valence-corrected chi connectivity index (χ2v) is 5.01. The molecule has 2 aliphatic carbocycles. The van der Waals surface area contributed by atoms with Crippen LogP contribution in [-0.4, -0.2) is 10.1 Å². The van der Waals surface area contributed by atoms with Gasteiger partial charge in [0.05, 0.1) is 6.10 Å². The molecule has 0 amide bonds. The summed E-state index contributed by atoms with van der Waals surface area (Å²) in [4.78, 5) is 4.24. The van der Waals surface area contributed by atoms with Crippen molar-refractivity contribution < 1.29 is 5.11 Å². The lowest BCUT2D eigenvalue weighted by atomic mass is 10.0. The Bertz CT molecular complexity index is 349. The van der Waals surface area contributed by atoms with E-state index in [1.165, 1.54) is 19.3 Å². The van der Waals surface area contributed by atoms with E-state index in [9.17, 15) is 5.11 Å². The van der Waals surface area contributed by atoms with Crippen LogP contribution in [0.4, 0.5) is 0 Å². The van der Waals surface area contributed by atoms with E-state index in [1.807, 2.05) is 25.3 Å². The molecule has 2 nitrogen and oxygen atoms in total. The van der Waals surface area contributed by atoms with Crippen molar-refractivity contribution in [1.82, 2.24) is 4.98 Å². The van der Waals surface area contributed by atoms with Gasteiger partial charge < -0.3 is 5.11 Å². The van der Waals surface area contributed by atoms with Crippen LogP contribution in [0.2, 0.25) is 0 Å². The minimum Gasteiger partial charge on any atom is -0.388 e. The highest BCUT2D eigenvalue weighted by molar-refractivity contribution is 5.20. The number of aliphatic hydroxyl groups is 1. The summed E-state index contributed by atoms with van der Waals surface area (Å²) >= 11 is 0. The summed E-state index contributed by atoms with van der Waals surface area (Å²) in [6.07, 6.45) is 5.57. The van der Waals surface area contributed by atoms with Gasteiger partial charge in [-0.15, -0.1) is 0 Å². The van der Waals surface area contributed by atoms with Crippen molar-refractivity contribution in [1.29, 1.82) is 0 Å². The van der Waals surface area contributed by atoms with Gasteiger partial charge in [-0.3, -0.25) is 4.98 Å². The van der Waals surface area contributed by atoms with Gasteiger partial charge in [0.25, 0.3) is 0 Å². The normalized spacial score (nSPS) is 34.9. The Hall–Kier alpha value is -0.890. The Morgan fingerprint density at radius 3 is 2.67 bits per heavy atom. The molecule has 1 aromatic heterocycles. The van der Waals surface area contributed by atoms with Crippen molar-refractivity contribution in [3.63, 3.8) is 0 Å². The number of rotatable bonds is 2. The van der Waals surface area contributed by atoms with Crippen molar-refractivity contribution in [2.24, 2.45) is 17.8 Å². The highest BCUT2D eigenvalue weighted by atomic mass is 16.3. The van der Waals surface area contributed by atoms with E-state index in [0.29, 0.717) is 5.92 Å². The summed E-state index contributed by atoms with van der Waals surface area (Å²) < 4.78 is 0. The Morgan fingerprint density at radius 2 is 2.07 bits per heavy atom. The quantitative estimate of drug-likeness (QED) is 0.801. The average Bonchev–Trinajstić information content (AvgIpc) is 2.72. The predicted octanol–water partition coefficient (Wildman–Crippen LogP) is 2.47. The third-order valence-electron chi connectivity index (χ3n) is 4.11. The lowest BCUT2D eigenvalue weighted by Crippen LogP contribution is -2.04. The monoisotopic (exact) mass is 203 g/mol. The molecule has 2 saturated carbocycles. The molecule has 3 atom stereocenters. The van der Waals surface area contributed by atoms with Crippen LogP contribution >= 0.6 is 0 Å². The van der Waals surface area contributed by atoms with Crippen LogP contribution in [0.3, 0.4) is 0 Å². The molecule has 2 fully saturated rings. The first-order chi connectivity index (χ1) is 7.27. The van der Waals surface area contributed by atoms with E-state index in [0.717, 1.165) is 23.1 Å². The molecule has 0 saturated heterocycles. The maximum atomic E-state index is 10.2. The smallest absolute Gasteiger partial charge is 0.0838 e. The maximum absolute atomic E-state index is 10.2. The molecule has 2 heteroatoms. The van der Waals surface area contributed by atoms with E-state index < -0.39 is 0 Å². The van der Waals surface area contributed by atoms with Crippen LogP contribution < -0.4 is 0 Å². The zero-order chi connectivity index (χ0) is 10.4. The first kappa shape index (κ1) is 9.34. The maximum Gasteiger partial charge on any atom is 0.0838 e. The van der Waals surface area contributed by atoms with Gasteiger partial charge in [-0.25, -0.2) is 0 Å².